The van der Waals surface area contributed by atoms with Crippen molar-refractivity contribution in [2.45, 2.75) is 89.4 Å². The van der Waals surface area contributed by atoms with Crippen molar-refractivity contribution in [3.05, 3.63) is 52.6 Å². The highest BCUT2D eigenvalue weighted by Crippen LogP contribution is 2.50. The first-order chi connectivity index (χ1) is 18.4. The van der Waals surface area contributed by atoms with Crippen LogP contribution < -0.4 is 4.74 Å². The zero-order valence-corrected chi connectivity index (χ0v) is 22.1. The van der Waals surface area contributed by atoms with E-state index in [1.54, 1.807) is 0 Å². The van der Waals surface area contributed by atoms with Gasteiger partial charge >= 0.3 is 12.4 Å². The quantitative estimate of drug-likeness (QED) is 0.318. The summed E-state index contributed by atoms with van der Waals surface area (Å²) in [5.41, 5.74) is -6.05. The standard InChI is InChI=1S/C30H34F8O/c1-3-4-17-5-7-18(8-6-17)19-9-11-20(12-10-19)21-13-14-23(28(32)27(21)31)22-15-16-24(39-2)26(30(36,37)38)25(22)29(33,34)35/h13-20H,3-12H2,1-2H3. The molecule has 2 aromatic carbocycles. The van der Waals surface area contributed by atoms with Crippen LogP contribution in [0.3, 0.4) is 0 Å². The number of rotatable bonds is 6. The highest BCUT2D eigenvalue weighted by atomic mass is 19.4. The lowest BCUT2D eigenvalue weighted by molar-refractivity contribution is -0.162. The maximum Gasteiger partial charge on any atom is 0.420 e. The number of ether oxygens (including phenoxy) is 1. The van der Waals surface area contributed by atoms with Gasteiger partial charge in [-0.15, -0.1) is 0 Å². The van der Waals surface area contributed by atoms with Crippen molar-refractivity contribution in [2.75, 3.05) is 7.11 Å². The van der Waals surface area contributed by atoms with Crippen molar-refractivity contribution in [2.24, 2.45) is 17.8 Å². The normalized spacial score (nSPS) is 24.6. The van der Waals surface area contributed by atoms with E-state index in [1.807, 2.05) is 0 Å². The van der Waals surface area contributed by atoms with Gasteiger partial charge in [0.25, 0.3) is 0 Å². The van der Waals surface area contributed by atoms with E-state index in [2.05, 4.69) is 11.7 Å². The largest absolute Gasteiger partial charge is 0.496 e. The van der Waals surface area contributed by atoms with Crippen molar-refractivity contribution < 1.29 is 39.9 Å². The molecule has 0 saturated heterocycles. The first-order valence-electron chi connectivity index (χ1n) is 13.7. The van der Waals surface area contributed by atoms with Gasteiger partial charge in [0.2, 0.25) is 0 Å². The highest BCUT2D eigenvalue weighted by Gasteiger charge is 2.48. The molecule has 0 unspecified atom stereocenters. The van der Waals surface area contributed by atoms with Crippen molar-refractivity contribution in [1.82, 2.24) is 0 Å². The second-order valence-corrected chi connectivity index (χ2v) is 11.1. The molecule has 0 amide bonds. The third-order valence-corrected chi connectivity index (χ3v) is 8.82. The number of alkyl halides is 6. The Labute approximate surface area is 223 Å². The summed E-state index contributed by atoms with van der Waals surface area (Å²) >= 11 is 0. The van der Waals surface area contributed by atoms with E-state index in [4.69, 9.17) is 0 Å². The van der Waals surface area contributed by atoms with Gasteiger partial charge < -0.3 is 4.74 Å². The molecule has 216 valence electrons. The molecular formula is C30H34F8O. The van der Waals surface area contributed by atoms with Crippen LogP contribution in [0.5, 0.6) is 5.75 Å². The molecule has 0 N–H and O–H groups in total. The molecule has 39 heavy (non-hydrogen) atoms. The van der Waals surface area contributed by atoms with E-state index < -0.39 is 52.0 Å². The summed E-state index contributed by atoms with van der Waals surface area (Å²) in [6, 6.07) is 3.57. The zero-order valence-electron chi connectivity index (χ0n) is 22.1. The third-order valence-electron chi connectivity index (χ3n) is 8.82. The molecule has 2 saturated carbocycles. The van der Waals surface area contributed by atoms with Gasteiger partial charge in [-0.1, -0.05) is 44.7 Å². The lowest BCUT2D eigenvalue weighted by atomic mass is 9.68. The molecule has 2 aliphatic rings. The van der Waals surface area contributed by atoms with Crippen molar-refractivity contribution in [3.8, 4) is 16.9 Å². The van der Waals surface area contributed by atoms with Crippen LogP contribution in [0.4, 0.5) is 35.1 Å². The first-order valence-corrected chi connectivity index (χ1v) is 13.7. The van der Waals surface area contributed by atoms with Crippen LogP contribution in [0.15, 0.2) is 24.3 Å². The van der Waals surface area contributed by atoms with Crippen molar-refractivity contribution in [1.29, 1.82) is 0 Å². The number of methoxy groups -OCH3 is 1. The van der Waals surface area contributed by atoms with Gasteiger partial charge in [0, 0.05) is 5.56 Å². The number of benzene rings is 2. The Balaban J connectivity index is 1.58. The minimum Gasteiger partial charge on any atom is -0.496 e. The van der Waals surface area contributed by atoms with E-state index in [-0.39, 0.29) is 11.5 Å². The Morgan fingerprint density at radius 2 is 1.23 bits per heavy atom. The summed E-state index contributed by atoms with van der Waals surface area (Å²) in [5, 5.41) is 0. The molecule has 2 aromatic rings. The lowest BCUT2D eigenvalue weighted by Crippen LogP contribution is -2.25. The smallest absolute Gasteiger partial charge is 0.420 e. The van der Waals surface area contributed by atoms with Gasteiger partial charge in [0.05, 0.1) is 12.7 Å². The SMILES string of the molecule is CCCC1CCC(C2CCC(c3ccc(-c4ccc(OC)c(C(F)(F)F)c4C(F)(F)F)c(F)c3F)CC2)CC1. The van der Waals surface area contributed by atoms with Gasteiger partial charge in [-0.25, -0.2) is 8.78 Å². The fraction of sp³-hybridized carbons (Fsp3) is 0.600. The lowest BCUT2D eigenvalue weighted by Gasteiger charge is -2.38. The Morgan fingerprint density at radius 3 is 1.74 bits per heavy atom. The molecule has 0 aliphatic heterocycles. The fourth-order valence-corrected chi connectivity index (χ4v) is 6.90. The molecule has 2 fully saturated rings. The minimum atomic E-state index is -5.50. The van der Waals surface area contributed by atoms with Gasteiger partial charge in [-0.2, -0.15) is 26.3 Å². The van der Waals surface area contributed by atoms with Gasteiger partial charge in [0.1, 0.15) is 11.3 Å². The fourth-order valence-electron chi connectivity index (χ4n) is 6.90. The predicted molar refractivity (Wildman–Crippen MR) is 133 cm³/mol. The zero-order chi connectivity index (χ0) is 28.5. The molecule has 0 radical (unpaired) electrons. The molecule has 1 nitrogen and oxygen atoms in total. The second kappa shape index (κ2) is 11.7. The second-order valence-electron chi connectivity index (χ2n) is 11.1. The van der Waals surface area contributed by atoms with Gasteiger partial charge in [-0.3, -0.25) is 0 Å². The van der Waals surface area contributed by atoms with Crippen LogP contribution in [0.25, 0.3) is 11.1 Å². The Bertz CT molecular complexity index is 1140. The maximum atomic E-state index is 15.3. The molecule has 9 heteroatoms. The Morgan fingerprint density at radius 1 is 0.692 bits per heavy atom. The molecule has 2 aliphatic carbocycles. The number of halogens is 8. The van der Waals surface area contributed by atoms with E-state index in [1.165, 1.54) is 44.6 Å². The molecule has 0 spiro atoms. The molecule has 0 bridgehead atoms. The van der Waals surface area contributed by atoms with Crippen molar-refractivity contribution >= 4 is 0 Å². The maximum absolute atomic E-state index is 15.3. The van der Waals surface area contributed by atoms with Crippen LogP contribution in [-0.2, 0) is 12.4 Å². The van der Waals surface area contributed by atoms with E-state index in [9.17, 15) is 26.3 Å². The van der Waals surface area contributed by atoms with Crippen LogP contribution in [0, 0.1) is 29.4 Å². The summed E-state index contributed by atoms with van der Waals surface area (Å²) in [5.74, 6) is -2.24. The number of hydrogen-bond donors (Lipinski definition) is 0. The van der Waals surface area contributed by atoms with Gasteiger partial charge in [0.15, 0.2) is 11.6 Å². The summed E-state index contributed by atoms with van der Waals surface area (Å²) in [6.07, 6.45) is -0.568. The first kappa shape index (κ1) is 29.7. The number of hydrogen-bond acceptors (Lipinski definition) is 1. The van der Waals surface area contributed by atoms with E-state index >= 15 is 8.78 Å². The summed E-state index contributed by atoms with van der Waals surface area (Å²) in [7, 11) is 0.811. The molecule has 0 aromatic heterocycles. The predicted octanol–water partition coefficient (Wildman–Crippen LogP) is 10.6. The van der Waals surface area contributed by atoms with E-state index in [0.717, 1.165) is 31.9 Å². The van der Waals surface area contributed by atoms with Crippen LogP contribution in [-0.4, -0.2) is 7.11 Å². The third kappa shape index (κ3) is 6.22. The Kier molecular flexibility index (Phi) is 8.86. The average Bonchev–Trinajstić information content (AvgIpc) is 2.89. The topological polar surface area (TPSA) is 9.23 Å². The monoisotopic (exact) mass is 562 g/mol. The van der Waals surface area contributed by atoms with E-state index in [0.29, 0.717) is 36.8 Å². The summed E-state index contributed by atoms with van der Waals surface area (Å²) < 4.78 is 118. The average molecular weight is 563 g/mol. The molecule has 4 rings (SSSR count). The molecule has 0 atom stereocenters. The molecule has 0 heterocycles. The van der Waals surface area contributed by atoms with Crippen LogP contribution >= 0.6 is 0 Å². The summed E-state index contributed by atoms with van der Waals surface area (Å²) in [6.45, 7) is 2.20. The Hall–Kier alpha value is -2.32. The van der Waals surface area contributed by atoms with Gasteiger partial charge in [-0.05, 0) is 85.5 Å². The minimum absolute atomic E-state index is 0.0690. The molecular weight excluding hydrogens is 528 g/mol. The van der Waals surface area contributed by atoms with Crippen molar-refractivity contribution in [3.63, 3.8) is 0 Å². The summed E-state index contributed by atoms with van der Waals surface area (Å²) in [4.78, 5) is 0. The van der Waals surface area contributed by atoms with Crippen LogP contribution in [0.1, 0.15) is 93.7 Å². The highest BCUT2D eigenvalue weighted by molar-refractivity contribution is 5.73. The van der Waals surface area contributed by atoms with Crippen LogP contribution in [0.2, 0.25) is 0 Å².